The Morgan fingerprint density at radius 2 is 1.60 bits per heavy atom. The van der Waals surface area contributed by atoms with Crippen LogP contribution in [0.4, 0.5) is 11.4 Å². The number of nitrogens with zero attached hydrogens (tertiary/aromatic N) is 2. The van der Waals surface area contributed by atoms with Crippen molar-refractivity contribution in [2.24, 2.45) is 0 Å². The van der Waals surface area contributed by atoms with Gasteiger partial charge in [-0.1, -0.05) is 98.3 Å². The molecule has 0 saturated carbocycles. The molecule has 5 nitrogen and oxygen atoms in total. The highest BCUT2D eigenvalue weighted by Crippen LogP contribution is 2.35. The standard InChI is InChI=1S/C19H31N3.C4H6.C3H7NO.2C2H6/c1-5-6-7-8-9-13-21(3)14-12-17-10-11-18-19(15-17)22(4)16(2)20-18;1-3-4-2;1-2-4-3-5;2*1-2/h10-11,15,20H,2,5-9,12-14H2,1,3-4H3;3-4H,1-2H2;3H,2H2,1H3,(H,4,5);2*1-2H3. The summed E-state index contributed by atoms with van der Waals surface area (Å²) in [5, 5.41) is 5.74. The summed E-state index contributed by atoms with van der Waals surface area (Å²) in [6.07, 6.45) is 11.9. The van der Waals surface area contributed by atoms with Crippen LogP contribution < -0.4 is 15.5 Å². The zero-order chi connectivity index (χ0) is 27.5. The van der Waals surface area contributed by atoms with E-state index < -0.39 is 0 Å². The predicted octanol–water partition coefficient (Wildman–Crippen LogP) is 7.63. The highest BCUT2D eigenvalue weighted by molar-refractivity contribution is 5.80. The summed E-state index contributed by atoms with van der Waals surface area (Å²) in [6, 6.07) is 6.69. The van der Waals surface area contributed by atoms with Gasteiger partial charge in [0.2, 0.25) is 6.41 Å². The molecule has 1 aromatic rings. The second-order valence-corrected chi connectivity index (χ2v) is 7.60. The Kier molecular flexibility index (Phi) is 29.3. The molecule has 1 aromatic carbocycles. The van der Waals surface area contributed by atoms with Crippen LogP contribution in [0.3, 0.4) is 0 Å². The lowest BCUT2D eigenvalue weighted by Gasteiger charge is -2.17. The molecular weight excluding hydrogens is 432 g/mol. The Morgan fingerprint density at radius 1 is 1.00 bits per heavy atom. The van der Waals surface area contributed by atoms with E-state index in [0.717, 1.165) is 25.3 Å². The molecule has 1 heterocycles. The largest absolute Gasteiger partial charge is 0.359 e. The molecular formula is C30H56N4O. The van der Waals surface area contributed by atoms with E-state index in [4.69, 9.17) is 0 Å². The Balaban J connectivity index is -0.000000659. The number of benzene rings is 1. The number of anilines is 2. The molecule has 0 spiro atoms. The van der Waals surface area contributed by atoms with E-state index in [1.165, 1.54) is 55.6 Å². The van der Waals surface area contributed by atoms with Crippen LogP contribution in [0.15, 0.2) is 55.9 Å². The number of unbranched alkanes of at least 4 members (excludes halogenated alkanes) is 4. The van der Waals surface area contributed by atoms with Crippen molar-refractivity contribution in [1.82, 2.24) is 10.2 Å². The Hall–Kier alpha value is -2.53. The number of amides is 1. The Labute approximate surface area is 218 Å². The van der Waals surface area contributed by atoms with E-state index in [1.54, 1.807) is 12.2 Å². The average molecular weight is 489 g/mol. The van der Waals surface area contributed by atoms with E-state index in [2.05, 4.69) is 79.4 Å². The fourth-order valence-electron chi connectivity index (χ4n) is 3.00. The van der Waals surface area contributed by atoms with Gasteiger partial charge in [-0.05, 0) is 51.1 Å². The van der Waals surface area contributed by atoms with E-state index in [-0.39, 0.29) is 0 Å². The van der Waals surface area contributed by atoms with Crippen LogP contribution in [0.1, 0.15) is 79.2 Å². The van der Waals surface area contributed by atoms with Gasteiger partial charge in [-0.2, -0.15) is 0 Å². The van der Waals surface area contributed by atoms with Crippen molar-refractivity contribution in [1.29, 1.82) is 0 Å². The zero-order valence-electron chi connectivity index (χ0n) is 24.3. The number of carbonyl (C=O) groups is 1. The summed E-state index contributed by atoms with van der Waals surface area (Å²) in [4.78, 5) is 13.9. The topological polar surface area (TPSA) is 47.6 Å². The van der Waals surface area contributed by atoms with Crippen LogP contribution in [-0.4, -0.2) is 45.0 Å². The van der Waals surface area contributed by atoms with Crippen LogP contribution in [0, 0.1) is 0 Å². The minimum absolute atomic E-state index is 0.681. The molecule has 0 saturated heterocycles. The molecule has 2 rings (SSSR count). The van der Waals surface area contributed by atoms with E-state index in [1.807, 2.05) is 34.6 Å². The molecule has 0 atom stereocenters. The lowest BCUT2D eigenvalue weighted by atomic mass is 10.1. The number of hydrogen-bond donors (Lipinski definition) is 2. The summed E-state index contributed by atoms with van der Waals surface area (Å²) in [6.45, 7) is 25.9. The van der Waals surface area contributed by atoms with Crippen LogP contribution in [-0.2, 0) is 11.2 Å². The Bertz CT molecular complexity index is 652. The summed E-state index contributed by atoms with van der Waals surface area (Å²) in [7, 11) is 4.30. The number of hydrogen-bond acceptors (Lipinski definition) is 4. The maximum atomic E-state index is 9.29. The molecule has 1 aliphatic rings. The molecule has 5 heteroatoms. The van der Waals surface area contributed by atoms with Gasteiger partial charge < -0.3 is 20.4 Å². The van der Waals surface area contributed by atoms with Gasteiger partial charge in [0.1, 0.15) is 5.82 Å². The minimum Gasteiger partial charge on any atom is -0.359 e. The molecule has 0 radical (unpaired) electrons. The molecule has 1 amide bonds. The number of allylic oxidation sites excluding steroid dienone is 2. The van der Waals surface area contributed by atoms with E-state index >= 15 is 0 Å². The number of likely N-dealkylation sites (N-methyl/N-ethyl adjacent to an activating group) is 1. The van der Waals surface area contributed by atoms with Crippen molar-refractivity contribution in [2.45, 2.75) is 80.1 Å². The first-order chi connectivity index (χ1) is 16.9. The maximum absolute atomic E-state index is 9.29. The highest BCUT2D eigenvalue weighted by atomic mass is 16.1. The van der Waals surface area contributed by atoms with Crippen LogP contribution in [0.5, 0.6) is 0 Å². The molecule has 0 bridgehead atoms. The second kappa shape index (κ2) is 27.7. The number of rotatable bonds is 12. The lowest BCUT2D eigenvalue weighted by molar-refractivity contribution is -0.109. The zero-order valence-corrected chi connectivity index (χ0v) is 24.3. The third kappa shape index (κ3) is 19.5. The summed E-state index contributed by atoms with van der Waals surface area (Å²) in [5.74, 6) is 0.955. The van der Waals surface area contributed by atoms with E-state index in [0.29, 0.717) is 6.41 Å². The monoisotopic (exact) mass is 488 g/mol. The first-order valence-corrected chi connectivity index (χ1v) is 13.4. The SMILES string of the molecule is C=C1Nc2ccc(CCN(C)CCCCCCC)cc2N1C.C=CC=C.CC.CC.CCNC=O. The van der Waals surface area contributed by atoms with Gasteiger partial charge in [-0.3, -0.25) is 4.79 Å². The molecule has 0 aromatic heterocycles. The van der Waals surface area contributed by atoms with Gasteiger partial charge in [-0.25, -0.2) is 0 Å². The van der Waals surface area contributed by atoms with Gasteiger partial charge in [0, 0.05) is 20.1 Å². The minimum atomic E-state index is 0.681. The first-order valence-electron chi connectivity index (χ1n) is 13.4. The summed E-state index contributed by atoms with van der Waals surface area (Å²) >= 11 is 0. The van der Waals surface area contributed by atoms with E-state index in [9.17, 15) is 4.79 Å². The highest BCUT2D eigenvalue weighted by Gasteiger charge is 2.18. The fourth-order valence-corrected chi connectivity index (χ4v) is 3.00. The van der Waals surface area contributed by atoms with Crippen molar-refractivity contribution in [3.63, 3.8) is 0 Å². The van der Waals surface area contributed by atoms with Crippen molar-refractivity contribution in [3.8, 4) is 0 Å². The van der Waals surface area contributed by atoms with Crippen molar-refractivity contribution in [2.75, 3.05) is 43.9 Å². The molecule has 0 unspecified atom stereocenters. The van der Waals surface area contributed by atoms with Crippen molar-refractivity contribution >= 4 is 17.8 Å². The van der Waals surface area contributed by atoms with Crippen molar-refractivity contribution < 1.29 is 4.79 Å². The number of nitrogens with one attached hydrogen (secondary N) is 2. The van der Waals surface area contributed by atoms with Crippen LogP contribution >= 0.6 is 0 Å². The van der Waals surface area contributed by atoms with Crippen LogP contribution in [0.25, 0.3) is 0 Å². The third-order valence-corrected chi connectivity index (χ3v) is 4.99. The van der Waals surface area contributed by atoms with Gasteiger partial charge in [0.15, 0.2) is 0 Å². The van der Waals surface area contributed by atoms with Crippen LogP contribution in [0.2, 0.25) is 0 Å². The molecule has 0 fully saturated rings. The quantitative estimate of drug-likeness (QED) is 0.180. The normalized spacial score (nSPS) is 10.4. The molecule has 1 aliphatic heterocycles. The summed E-state index contributed by atoms with van der Waals surface area (Å²) < 4.78 is 0. The fraction of sp³-hybridized carbons (Fsp3) is 0.567. The Morgan fingerprint density at radius 3 is 2.09 bits per heavy atom. The molecule has 35 heavy (non-hydrogen) atoms. The first kappa shape index (κ1) is 37.0. The smallest absolute Gasteiger partial charge is 0.207 e. The third-order valence-electron chi connectivity index (χ3n) is 4.99. The second-order valence-electron chi connectivity index (χ2n) is 7.60. The van der Waals surface area contributed by atoms with Gasteiger partial charge >= 0.3 is 0 Å². The lowest BCUT2D eigenvalue weighted by Crippen LogP contribution is -2.22. The van der Waals surface area contributed by atoms with Gasteiger partial charge in [0.25, 0.3) is 0 Å². The average Bonchev–Trinajstić information content (AvgIpc) is 3.18. The molecule has 2 N–H and O–H groups in total. The predicted molar refractivity (Wildman–Crippen MR) is 160 cm³/mol. The maximum Gasteiger partial charge on any atom is 0.207 e. The van der Waals surface area contributed by atoms with Crippen molar-refractivity contribution in [3.05, 3.63) is 61.5 Å². The molecule has 0 aliphatic carbocycles. The summed E-state index contributed by atoms with van der Waals surface area (Å²) in [5.41, 5.74) is 3.81. The molecule has 202 valence electrons. The van der Waals surface area contributed by atoms with Gasteiger partial charge in [-0.15, -0.1) is 0 Å². The van der Waals surface area contributed by atoms with Gasteiger partial charge in [0.05, 0.1) is 11.4 Å². The number of fused-ring (bicyclic) bond motifs is 1. The number of carbonyl (C=O) groups excluding carboxylic acids is 1.